The molecule has 2 rings (SSSR count). The standard InChI is InChI=1S/C18H17NO3/c1-19-18(22)16-10-6-14(7-11-16)3-2-13-4-8-15(9-5-13)17(21)12-20/h4-11,17,20-21H,12H2,1H3,(H,19,22)/t17-/m0/s1. The van der Waals surface area contributed by atoms with E-state index in [-0.39, 0.29) is 12.5 Å². The van der Waals surface area contributed by atoms with Gasteiger partial charge in [-0.15, -0.1) is 0 Å². The lowest BCUT2D eigenvalue weighted by Crippen LogP contribution is -2.17. The van der Waals surface area contributed by atoms with Crippen LogP contribution in [0.15, 0.2) is 48.5 Å². The lowest BCUT2D eigenvalue weighted by atomic mass is 10.1. The maximum atomic E-state index is 11.4. The minimum atomic E-state index is -0.862. The summed E-state index contributed by atoms with van der Waals surface area (Å²) in [7, 11) is 1.59. The van der Waals surface area contributed by atoms with Crippen molar-refractivity contribution in [2.75, 3.05) is 13.7 Å². The zero-order valence-corrected chi connectivity index (χ0v) is 12.2. The van der Waals surface area contributed by atoms with Crippen LogP contribution in [0.5, 0.6) is 0 Å². The Bertz CT molecular complexity index is 694. The summed E-state index contributed by atoms with van der Waals surface area (Å²) in [6.45, 7) is -0.303. The van der Waals surface area contributed by atoms with E-state index >= 15 is 0 Å². The average molecular weight is 295 g/mol. The summed E-state index contributed by atoms with van der Waals surface area (Å²) in [5.74, 6) is 5.90. The number of aliphatic hydroxyl groups excluding tert-OH is 2. The number of amides is 1. The van der Waals surface area contributed by atoms with Gasteiger partial charge in [0.15, 0.2) is 0 Å². The highest BCUT2D eigenvalue weighted by Crippen LogP contribution is 2.12. The van der Waals surface area contributed by atoms with Gasteiger partial charge in [0.2, 0.25) is 0 Å². The molecule has 22 heavy (non-hydrogen) atoms. The van der Waals surface area contributed by atoms with Gasteiger partial charge in [-0.3, -0.25) is 4.79 Å². The van der Waals surface area contributed by atoms with Crippen molar-refractivity contribution in [1.82, 2.24) is 5.32 Å². The zero-order chi connectivity index (χ0) is 15.9. The van der Waals surface area contributed by atoms with Crippen molar-refractivity contribution in [3.63, 3.8) is 0 Å². The van der Waals surface area contributed by atoms with Crippen molar-refractivity contribution in [2.45, 2.75) is 6.10 Å². The summed E-state index contributed by atoms with van der Waals surface area (Å²) in [5.41, 5.74) is 2.87. The molecule has 2 aromatic carbocycles. The first kappa shape index (κ1) is 15.8. The van der Waals surface area contributed by atoms with Crippen molar-refractivity contribution in [3.8, 4) is 11.8 Å². The molecule has 4 heteroatoms. The van der Waals surface area contributed by atoms with Crippen LogP contribution in [-0.4, -0.2) is 29.8 Å². The average Bonchev–Trinajstić information content (AvgIpc) is 2.59. The van der Waals surface area contributed by atoms with E-state index in [4.69, 9.17) is 5.11 Å². The van der Waals surface area contributed by atoms with Crippen molar-refractivity contribution < 1.29 is 15.0 Å². The van der Waals surface area contributed by atoms with Crippen molar-refractivity contribution in [2.24, 2.45) is 0 Å². The first-order valence-corrected chi connectivity index (χ1v) is 6.87. The van der Waals surface area contributed by atoms with Gasteiger partial charge in [-0.05, 0) is 42.0 Å². The molecule has 2 aromatic rings. The van der Waals surface area contributed by atoms with Crippen LogP contribution in [-0.2, 0) is 0 Å². The van der Waals surface area contributed by atoms with Gasteiger partial charge < -0.3 is 15.5 Å². The molecule has 0 bridgehead atoms. The topological polar surface area (TPSA) is 69.6 Å². The Hall–Kier alpha value is -2.61. The second-order valence-electron chi connectivity index (χ2n) is 4.73. The first-order chi connectivity index (χ1) is 10.6. The monoisotopic (exact) mass is 295 g/mol. The predicted octanol–water partition coefficient (Wildman–Crippen LogP) is 1.47. The number of benzene rings is 2. The first-order valence-electron chi connectivity index (χ1n) is 6.87. The summed E-state index contributed by atoms with van der Waals surface area (Å²) in [4.78, 5) is 11.4. The molecule has 4 nitrogen and oxygen atoms in total. The maximum Gasteiger partial charge on any atom is 0.251 e. The fourth-order valence-corrected chi connectivity index (χ4v) is 1.89. The van der Waals surface area contributed by atoms with Crippen LogP contribution in [0, 0.1) is 11.8 Å². The third-order valence-electron chi connectivity index (χ3n) is 3.19. The summed E-state index contributed by atoms with van der Waals surface area (Å²) in [6.07, 6.45) is -0.862. The fraction of sp³-hybridized carbons (Fsp3) is 0.167. The Labute approximate surface area is 129 Å². The Morgan fingerprint density at radius 1 is 1.05 bits per heavy atom. The zero-order valence-electron chi connectivity index (χ0n) is 12.2. The fourth-order valence-electron chi connectivity index (χ4n) is 1.89. The van der Waals surface area contributed by atoms with Crippen LogP contribution >= 0.6 is 0 Å². The van der Waals surface area contributed by atoms with Crippen molar-refractivity contribution in [3.05, 3.63) is 70.8 Å². The quantitative estimate of drug-likeness (QED) is 0.751. The third-order valence-corrected chi connectivity index (χ3v) is 3.19. The highest BCUT2D eigenvalue weighted by Gasteiger charge is 2.04. The minimum Gasteiger partial charge on any atom is -0.393 e. The molecule has 0 radical (unpaired) electrons. The second-order valence-corrected chi connectivity index (χ2v) is 4.73. The highest BCUT2D eigenvalue weighted by atomic mass is 16.3. The number of nitrogens with one attached hydrogen (secondary N) is 1. The molecule has 1 amide bonds. The predicted molar refractivity (Wildman–Crippen MR) is 84.3 cm³/mol. The van der Waals surface area contributed by atoms with Gasteiger partial charge in [0.1, 0.15) is 6.10 Å². The van der Waals surface area contributed by atoms with E-state index in [0.717, 1.165) is 11.1 Å². The van der Waals surface area contributed by atoms with Crippen LogP contribution in [0.1, 0.15) is 33.2 Å². The normalized spacial score (nSPS) is 11.2. The van der Waals surface area contributed by atoms with Gasteiger partial charge in [0.05, 0.1) is 6.61 Å². The van der Waals surface area contributed by atoms with E-state index < -0.39 is 6.10 Å². The van der Waals surface area contributed by atoms with Crippen LogP contribution in [0.2, 0.25) is 0 Å². The van der Waals surface area contributed by atoms with Gasteiger partial charge in [-0.25, -0.2) is 0 Å². The molecular weight excluding hydrogens is 278 g/mol. The van der Waals surface area contributed by atoms with E-state index in [1.165, 1.54) is 0 Å². The molecule has 0 heterocycles. The van der Waals surface area contributed by atoms with E-state index in [9.17, 15) is 9.90 Å². The number of carbonyl (C=O) groups excluding carboxylic acids is 1. The molecule has 0 saturated heterocycles. The molecule has 0 fully saturated rings. The molecule has 0 aliphatic heterocycles. The summed E-state index contributed by atoms with van der Waals surface area (Å²) in [5, 5.41) is 20.9. The van der Waals surface area contributed by atoms with E-state index in [1.807, 2.05) is 0 Å². The van der Waals surface area contributed by atoms with Gasteiger partial charge >= 0.3 is 0 Å². The molecule has 112 valence electrons. The lowest BCUT2D eigenvalue weighted by molar-refractivity contribution is 0.0956. The largest absolute Gasteiger partial charge is 0.393 e. The Morgan fingerprint density at radius 2 is 1.55 bits per heavy atom. The maximum absolute atomic E-state index is 11.4. The molecule has 0 aliphatic carbocycles. The van der Waals surface area contributed by atoms with Crippen LogP contribution in [0.3, 0.4) is 0 Å². The van der Waals surface area contributed by atoms with Gasteiger partial charge in [0, 0.05) is 23.7 Å². The molecule has 0 aromatic heterocycles. The molecule has 3 N–H and O–H groups in total. The number of aliphatic hydroxyl groups is 2. The number of rotatable bonds is 3. The minimum absolute atomic E-state index is 0.127. The smallest absolute Gasteiger partial charge is 0.251 e. The molecular formula is C18H17NO3. The Kier molecular flexibility index (Phi) is 5.31. The van der Waals surface area contributed by atoms with Crippen LogP contribution in [0.4, 0.5) is 0 Å². The highest BCUT2D eigenvalue weighted by molar-refractivity contribution is 5.94. The van der Waals surface area contributed by atoms with Crippen LogP contribution < -0.4 is 5.32 Å². The second kappa shape index (κ2) is 7.41. The molecule has 0 unspecified atom stereocenters. The van der Waals surface area contributed by atoms with Gasteiger partial charge in [0.25, 0.3) is 5.91 Å². The summed E-state index contributed by atoms with van der Waals surface area (Å²) >= 11 is 0. The molecule has 0 spiro atoms. The van der Waals surface area contributed by atoms with E-state index in [2.05, 4.69) is 17.2 Å². The van der Waals surface area contributed by atoms with Gasteiger partial charge in [-0.1, -0.05) is 24.0 Å². The lowest BCUT2D eigenvalue weighted by Gasteiger charge is -2.06. The Morgan fingerprint density at radius 3 is 2.00 bits per heavy atom. The molecule has 0 aliphatic rings. The number of hydrogen-bond donors (Lipinski definition) is 3. The third kappa shape index (κ3) is 3.95. The van der Waals surface area contributed by atoms with Gasteiger partial charge in [-0.2, -0.15) is 0 Å². The van der Waals surface area contributed by atoms with E-state index in [1.54, 1.807) is 55.6 Å². The Balaban J connectivity index is 2.11. The van der Waals surface area contributed by atoms with Crippen molar-refractivity contribution in [1.29, 1.82) is 0 Å². The summed E-state index contributed by atoms with van der Waals surface area (Å²) < 4.78 is 0. The SMILES string of the molecule is CNC(=O)c1ccc(C#Cc2ccc([C@@H](O)CO)cc2)cc1. The summed E-state index contributed by atoms with van der Waals surface area (Å²) in [6, 6.07) is 14.1. The van der Waals surface area contributed by atoms with Crippen LogP contribution in [0.25, 0.3) is 0 Å². The molecule has 1 atom stereocenters. The number of carbonyl (C=O) groups is 1. The van der Waals surface area contributed by atoms with E-state index in [0.29, 0.717) is 11.1 Å². The van der Waals surface area contributed by atoms with Crippen molar-refractivity contribution >= 4 is 5.91 Å². The number of hydrogen-bond acceptors (Lipinski definition) is 3. The molecule has 0 saturated carbocycles.